The second kappa shape index (κ2) is 26.5. The first-order valence-corrected chi connectivity index (χ1v) is 26.6. The van der Waals surface area contributed by atoms with Crippen molar-refractivity contribution in [2.45, 2.75) is 89.0 Å². The van der Waals surface area contributed by atoms with E-state index in [1.54, 1.807) is 17.0 Å². The molecule has 0 aromatic heterocycles. The van der Waals surface area contributed by atoms with Gasteiger partial charge in [0.15, 0.2) is 0 Å². The molecule has 6 unspecified atom stereocenters. The fourth-order valence-corrected chi connectivity index (χ4v) is 11.3. The van der Waals surface area contributed by atoms with Gasteiger partial charge in [-0.25, -0.2) is 9.59 Å². The molecule has 13 nitrogen and oxygen atoms in total. The maximum absolute atomic E-state index is 15.4. The van der Waals surface area contributed by atoms with Gasteiger partial charge in [-0.05, 0) is 94.3 Å². The lowest BCUT2D eigenvalue weighted by molar-refractivity contribution is -0.256. The van der Waals surface area contributed by atoms with E-state index >= 15 is 4.79 Å². The first kappa shape index (κ1) is 53.5. The van der Waals surface area contributed by atoms with E-state index < -0.39 is 29.9 Å². The number of amides is 2. The van der Waals surface area contributed by atoms with Crippen molar-refractivity contribution in [2.24, 2.45) is 22.9 Å². The third-order valence-corrected chi connectivity index (χ3v) is 14.8. The van der Waals surface area contributed by atoms with E-state index in [4.69, 9.17) is 33.7 Å². The molecule has 2 aliphatic carbocycles. The maximum Gasteiger partial charge on any atom is 0.412 e. The van der Waals surface area contributed by atoms with Crippen LogP contribution in [0.4, 0.5) is 9.59 Å². The van der Waals surface area contributed by atoms with Crippen LogP contribution in [-0.4, -0.2) is 77.9 Å². The van der Waals surface area contributed by atoms with Crippen LogP contribution in [0.15, 0.2) is 181 Å². The number of unbranched alkanes of at least 4 members (excludes halogenated alkanes) is 2. The third-order valence-electron chi connectivity index (χ3n) is 14.8. The first-order chi connectivity index (χ1) is 37.4. The SMILES string of the molecule is C=CCOC12Oc3ccc(OC(=O)NCc4ccccc4)cc3C3C(CCCCO)C(CCCCO)C=C(C(=NOCc4ccccc4)CC1N(Cc1cccc4ccccc14)C(=O)OCCOCc1ccccc1)C32. The predicted molar refractivity (Wildman–Crippen MR) is 292 cm³/mol. The van der Waals surface area contributed by atoms with Gasteiger partial charge in [0.1, 0.15) is 30.8 Å². The Morgan fingerprint density at radius 3 is 2.20 bits per heavy atom. The number of hydrogen-bond acceptors (Lipinski definition) is 11. The van der Waals surface area contributed by atoms with Crippen LogP contribution in [0.1, 0.15) is 78.7 Å². The van der Waals surface area contributed by atoms with Crippen LogP contribution >= 0.6 is 0 Å². The Hall–Kier alpha value is -7.29. The van der Waals surface area contributed by atoms with Crippen LogP contribution in [0.25, 0.3) is 10.8 Å². The molecule has 9 rings (SSSR count). The van der Waals surface area contributed by atoms with Crippen LogP contribution in [0, 0.1) is 17.8 Å². The smallest absolute Gasteiger partial charge is 0.412 e. The molecule has 1 heterocycles. The number of carbonyl (C=O) groups is 2. The quantitative estimate of drug-likeness (QED) is 0.0286. The van der Waals surface area contributed by atoms with Crippen LogP contribution in [0.5, 0.6) is 11.5 Å². The lowest BCUT2D eigenvalue weighted by atomic mass is 9.55. The molecule has 2 amide bonds. The average molecular weight is 1030 g/mol. The number of allylic oxidation sites excluding steroid dienone is 1. The Balaban J connectivity index is 1.18. The summed E-state index contributed by atoms with van der Waals surface area (Å²) in [7, 11) is 0. The molecule has 1 aliphatic heterocycles. The van der Waals surface area contributed by atoms with Crippen molar-refractivity contribution < 1.29 is 48.3 Å². The number of hydrogen-bond donors (Lipinski definition) is 3. The molecule has 1 fully saturated rings. The Morgan fingerprint density at radius 2 is 1.46 bits per heavy atom. The normalized spacial score (nSPS) is 20.8. The minimum absolute atomic E-state index is 0.0167. The molecule has 3 N–H and O–H groups in total. The highest BCUT2D eigenvalue weighted by Crippen LogP contribution is 2.62. The molecule has 1 saturated carbocycles. The number of aliphatic hydroxyl groups is 2. The van der Waals surface area contributed by atoms with Gasteiger partial charge >= 0.3 is 12.2 Å². The summed E-state index contributed by atoms with van der Waals surface area (Å²) >= 11 is 0. The Bertz CT molecular complexity index is 2910. The van der Waals surface area contributed by atoms with Crippen LogP contribution in [-0.2, 0) is 45.4 Å². The molecule has 396 valence electrons. The molecule has 3 aliphatic rings. The number of ether oxygens (including phenoxy) is 5. The van der Waals surface area contributed by atoms with Gasteiger partial charge < -0.3 is 44.1 Å². The average Bonchev–Trinajstić information content (AvgIpc) is 3.53. The Morgan fingerprint density at radius 1 is 0.776 bits per heavy atom. The molecule has 6 atom stereocenters. The van der Waals surface area contributed by atoms with E-state index in [1.165, 1.54) is 0 Å². The van der Waals surface area contributed by atoms with E-state index in [-0.39, 0.29) is 76.9 Å². The molecule has 13 heteroatoms. The van der Waals surface area contributed by atoms with E-state index in [0.29, 0.717) is 36.7 Å². The van der Waals surface area contributed by atoms with Crippen molar-refractivity contribution >= 4 is 28.7 Å². The lowest BCUT2D eigenvalue weighted by Crippen LogP contribution is -2.70. The Kier molecular flexibility index (Phi) is 18.6. The number of nitrogens with zero attached hydrogens (tertiary/aromatic N) is 2. The molecule has 76 heavy (non-hydrogen) atoms. The summed E-state index contributed by atoms with van der Waals surface area (Å²) in [5.74, 6) is -1.81. The molecule has 6 aromatic rings. The molecule has 0 spiro atoms. The molecule has 6 aromatic carbocycles. The fraction of sp³-hybridized carbons (Fsp3) is 0.349. The van der Waals surface area contributed by atoms with Gasteiger partial charge in [0.25, 0.3) is 0 Å². The number of benzene rings is 6. The van der Waals surface area contributed by atoms with Crippen molar-refractivity contribution in [3.05, 3.63) is 204 Å². The summed E-state index contributed by atoms with van der Waals surface area (Å²) in [4.78, 5) is 36.9. The van der Waals surface area contributed by atoms with Crippen molar-refractivity contribution in [1.82, 2.24) is 10.2 Å². The molecule has 0 radical (unpaired) electrons. The summed E-state index contributed by atoms with van der Waals surface area (Å²) < 4.78 is 33.1. The van der Waals surface area contributed by atoms with Gasteiger partial charge in [-0.3, -0.25) is 4.90 Å². The van der Waals surface area contributed by atoms with Gasteiger partial charge in [-0.15, -0.1) is 6.58 Å². The van der Waals surface area contributed by atoms with Gasteiger partial charge in [0.2, 0.25) is 5.79 Å². The first-order valence-electron chi connectivity index (χ1n) is 26.6. The molecular formula is C63H69N3O10. The zero-order valence-corrected chi connectivity index (χ0v) is 43.1. The van der Waals surface area contributed by atoms with Crippen molar-refractivity contribution in [1.29, 1.82) is 0 Å². The van der Waals surface area contributed by atoms with Crippen LogP contribution in [0.2, 0.25) is 0 Å². The van der Waals surface area contributed by atoms with Crippen molar-refractivity contribution in [3.8, 4) is 11.5 Å². The highest BCUT2D eigenvalue weighted by atomic mass is 16.7. The zero-order chi connectivity index (χ0) is 52.5. The summed E-state index contributed by atoms with van der Waals surface area (Å²) in [5.41, 5.74) is 6.09. The highest BCUT2D eigenvalue weighted by Gasteiger charge is 2.66. The molecular weight excluding hydrogens is 959 g/mol. The lowest BCUT2D eigenvalue weighted by Gasteiger charge is -2.59. The standard InChI is InChI=1S/C63H69N3O10/c1-2-35-73-63-58(66(42-50-28-18-27-48-25-12-13-29-52(48)50)62(70)72-37-36-71-43-46-21-8-4-9-22-46)40-56(65-74-44-47-23-10-5-11-24-47)54-38-49(26-14-16-33-67)53(30-15-17-34-68)59(60(54)63)55-39-51(31-32-57(55)76-63)75-61(69)64-41-45-19-6-3-7-20-45/h2-13,18-25,27-29,31-32,38-39,49,53,58-60,67-68H,1,14-17,26,30,33-37,40-44H2,(H,64,69). The molecule has 0 bridgehead atoms. The van der Waals surface area contributed by atoms with Gasteiger partial charge in [-0.2, -0.15) is 0 Å². The third kappa shape index (κ3) is 12.9. The van der Waals surface area contributed by atoms with E-state index in [2.05, 4.69) is 36.2 Å². The number of oxime groups is 1. The minimum atomic E-state index is -1.58. The summed E-state index contributed by atoms with van der Waals surface area (Å²) in [6, 6.07) is 48.1. The van der Waals surface area contributed by atoms with Crippen LogP contribution < -0.4 is 14.8 Å². The van der Waals surface area contributed by atoms with E-state index in [9.17, 15) is 15.0 Å². The Labute approximate surface area is 445 Å². The maximum atomic E-state index is 15.4. The fourth-order valence-electron chi connectivity index (χ4n) is 11.3. The number of carbonyl (C=O) groups excluding carboxylic acids is 2. The largest absolute Gasteiger partial charge is 0.459 e. The van der Waals surface area contributed by atoms with Gasteiger partial charge in [-0.1, -0.05) is 164 Å². The minimum Gasteiger partial charge on any atom is -0.459 e. The summed E-state index contributed by atoms with van der Waals surface area (Å²) in [6.45, 7) is 5.39. The predicted octanol–water partition coefficient (Wildman–Crippen LogP) is 11.8. The zero-order valence-electron chi connectivity index (χ0n) is 43.1. The van der Waals surface area contributed by atoms with Gasteiger partial charge in [0, 0.05) is 37.7 Å². The van der Waals surface area contributed by atoms with Crippen molar-refractivity contribution in [2.75, 3.05) is 33.0 Å². The second-order valence-corrected chi connectivity index (χ2v) is 19.7. The number of fused-ring (bicyclic) bond motifs is 3. The number of rotatable bonds is 25. The van der Waals surface area contributed by atoms with E-state index in [0.717, 1.165) is 69.8 Å². The second-order valence-electron chi connectivity index (χ2n) is 19.7. The molecule has 0 saturated heterocycles. The number of aliphatic hydroxyl groups excluding tert-OH is 2. The monoisotopic (exact) mass is 1030 g/mol. The number of nitrogens with one attached hydrogen (secondary N) is 1. The summed E-state index contributed by atoms with van der Waals surface area (Å²) in [6.07, 6.45) is 7.17. The summed E-state index contributed by atoms with van der Waals surface area (Å²) in [5, 5.41) is 30.1. The van der Waals surface area contributed by atoms with Crippen LogP contribution in [0.3, 0.4) is 0 Å². The van der Waals surface area contributed by atoms with Gasteiger partial charge in [0.05, 0.1) is 38.0 Å². The van der Waals surface area contributed by atoms with E-state index in [1.807, 2.05) is 127 Å². The topological polar surface area (TPSA) is 158 Å². The van der Waals surface area contributed by atoms with Crippen molar-refractivity contribution in [3.63, 3.8) is 0 Å². The highest BCUT2D eigenvalue weighted by molar-refractivity contribution is 6.03.